The normalized spacial score (nSPS) is 16.5. The number of hydrogen-bond acceptors (Lipinski definition) is 6. The molecule has 1 unspecified atom stereocenters. The summed E-state index contributed by atoms with van der Waals surface area (Å²) in [5.41, 5.74) is 2.83. The maximum absolute atomic E-state index is 5.86. The average Bonchev–Trinajstić information content (AvgIpc) is 3.00. The zero-order valence-corrected chi connectivity index (χ0v) is 13.7. The molecule has 4 rings (SSSR count). The zero-order chi connectivity index (χ0) is 16.5. The van der Waals surface area contributed by atoms with Gasteiger partial charge in [-0.15, -0.1) is 0 Å². The van der Waals surface area contributed by atoms with Gasteiger partial charge in [-0.2, -0.15) is 4.98 Å². The Balaban J connectivity index is 1.42. The Morgan fingerprint density at radius 2 is 2.29 bits per heavy atom. The van der Waals surface area contributed by atoms with Crippen LogP contribution in [0, 0.1) is 5.92 Å². The molecule has 24 heavy (non-hydrogen) atoms. The van der Waals surface area contributed by atoms with Gasteiger partial charge in [-0.3, -0.25) is 0 Å². The van der Waals surface area contributed by atoms with E-state index in [0.717, 1.165) is 30.0 Å². The van der Waals surface area contributed by atoms with Gasteiger partial charge in [0.1, 0.15) is 17.0 Å². The summed E-state index contributed by atoms with van der Waals surface area (Å²) < 4.78 is 13.0. The summed E-state index contributed by atoms with van der Waals surface area (Å²) in [4.78, 5) is 13.0. The molecular weight excluding hydrogens is 306 g/mol. The monoisotopic (exact) mass is 325 g/mol. The molecule has 124 valence electrons. The van der Waals surface area contributed by atoms with Crippen molar-refractivity contribution in [2.24, 2.45) is 13.0 Å². The lowest BCUT2D eigenvalue weighted by Crippen LogP contribution is -2.27. The van der Waals surface area contributed by atoms with Crippen molar-refractivity contribution >= 4 is 17.1 Å². The van der Waals surface area contributed by atoms with Gasteiger partial charge in [0.2, 0.25) is 5.95 Å². The number of imidazole rings is 1. The number of rotatable bonds is 4. The molecule has 0 bridgehead atoms. The van der Waals surface area contributed by atoms with Crippen LogP contribution in [0.5, 0.6) is 11.5 Å². The summed E-state index contributed by atoms with van der Waals surface area (Å²) in [5, 5.41) is 3.29. The van der Waals surface area contributed by atoms with E-state index in [-0.39, 0.29) is 0 Å². The van der Waals surface area contributed by atoms with E-state index in [2.05, 4.69) is 26.3 Å². The minimum absolute atomic E-state index is 0.369. The van der Waals surface area contributed by atoms with Gasteiger partial charge in [0.25, 0.3) is 0 Å². The molecule has 0 fully saturated rings. The predicted molar refractivity (Wildman–Crippen MR) is 90.5 cm³/mol. The summed E-state index contributed by atoms with van der Waals surface area (Å²) in [5.74, 6) is 2.70. The molecule has 0 saturated carbocycles. The molecule has 0 spiro atoms. The van der Waals surface area contributed by atoms with E-state index < -0.39 is 0 Å². The Hall–Kier alpha value is -2.83. The molecule has 1 atom stereocenters. The van der Waals surface area contributed by atoms with Crippen molar-refractivity contribution in [1.29, 1.82) is 0 Å². The van der Waals surface area contributed by atoms with Crippen molar-refractivity contribution in [3.63, 3.8) is 0 Å². The minimum atomic E-state index is 0.369. The third-order valence-corrected chi connectivity index (χ3v) is 4.29. The van der Waals surface area contributed by atoms with Crippen LogP contribution in [0.15, 0.2) is 30.7 Å². The SMILES string of the molecule is COc1ccc2c(c1)OCC(CNc1ncc3c(ncn3C)n1)C2. The van der Waals surface area contributed by atoms with Crippen LogP contribution in [0.3, 0.4) is 0 Å². The molecule has 0 radical (unpaired) electrons. The Morgan fingerprint density at radius 3 is 3.17 bits per heavy atom. The highest BCUT2D eigenvalue weighted by Gasteiger charge is 2.20. The molecule has 3 heterocycles. The van der Waals surface area contributed by atoms with Crippen LogP contribution >= 0.6 is 0 Å². The van der Waals surface area contributed by atoms with Gasteiger partial charge in [0.15, 0.2) is 5.65 Å². The molecule has 7 heteroatoms. The molecule has 1 aromatic carbocycles. The Morgan fingerprint density at radius 1 is 1.38 bits per heavy atom. The molecule has 0 amide bonds. The van der Waals surface area contributed by atoms with E-state index in [4.69, 9.17) is 9.47 Å². The lowest BCUT2D eigenvalue weighted by molar-refractivity contribution is 0.228. The summed E-state index contributed by atoms with van der Waals surface area (Å²) in [6, 6.07) is 5.98. The summed E-state index contributed by atoms with van der Waals surface area (Å²) in [7, 11) is 3.59. The summed E-state index contributed by atoms with van der Waals surface area (Å²) in [6.45, 7) is 1.42. The number of nitrogens with zero attached hydrogens (tertiary/aromatic N) is 4. The third-order valence-electron chi connectivity index (χ3n) is 4.29. The number of hydrogen-bond donors (Lipinski definition) is 1. The molecule has 1 aliphatic heterocycles. The topological polar surface area (TPSA) is 74.1 Å². The van der Waals surface area contributed by atoms with E-state index in [0.29, 0.717) is 24.1 Å². The van der Waals surface area contributed by atoms with Gasteiger partial charge >= 0.3 is 0 Å². The molecule has 2 aromatic heterocycles. The van der Waals surface area contributed by atoms with Crippen molar-refractivity contribution in [2.45, 2.75) is 6.42 Å². The van der Waals surface area contributed by atoms with Crippen LogP contribution < -0.4 is 14.8 Å². The predicted octanol–water partition coefficient (Wildman–Crippen LogP) is 2.04. The number of methoxy groups -OCH3 is 1. The smallest absolute Gasteiger partial charge is 0.224 e. The highest BCUT2D eigenvalue weighted by molar-refractivity contribution is 5.70. The minimum Gasteiger partial charge on any atom is -0.497 e. The second-order valence-corrected chi connectivity index (χ2v) is 5.99. The van der Waals surface area contributed by atoms with Gasteiger partial charge in [0, 0.05) is 25.6 Å². The maximum atomic E-state index is 5.86. The molecule has 1 N–H and O–H groups in total. The van der Waals surface area contributed by atoms with Crippen molar-refractivity contribution in [3.05, 3.63) is 36.3 Å². The first-order valence-corrected chi connectivity index (χ1v) is 7.90. The quantitative estimate of drug-likeness (QED) is 0.791. The molecule has 0 aliphatic carbocycles. The van der Waals surface area contributed by atoms with Crippen molar-refractivity contribution in [2.75, 3.05) is 25.6 Å². The number of aryl methyl sites for hydroxylation is 1. The zero-order valence-electron chi connectivity index (χ0n) is 13.7. The molecule has 0 saturated heterocycles. The lowest BCUT2D eigenvalue weighted by Gasteiger charge is -2.25. The fourth-order valence-corrected chi connectivity index (χ4v) is 2.91. The number of nitrogens with one attached hydrogen (secondary N) is 1. The van der Waals surface area contributed by atoms with Crippen molar-refractivity contribution in [1.82, 2.24) is 19.5 Å². The fraction of sp³-hybridized carbons (Fsp3) is 0.353. The van der Waals surface area contributed by atoms with Gasteiger partial charge in [-0.1, -0.05) is 6.07 Å². The van der Waals surface area contributed by atoms with Crippen LogP contribution in [-0.4, -0.2) is 39.8 Å². The number of benzene rings is 1. The van der Waals surface area contributed by atoms with E-state index in [1.807, 2.05) is 23.7 Å². The van der Waals surface area contributed by atoms with Gasteiger partial charge in [-0.25, -0.2) is 9.97 Å². The molecule has 1 aliphatic rings. The van der Waals surface area contributed by atoms with E-state index in [9.17, 15) is 0 Å². The Kier molecular flexibility index (Phi) is 3.68. The lowest BCUT2D eigenvalue weighted by atomic mass is 9.96. The van der Waals surface area contributed by atoms with Crippen LogP contribution in [0.25, 0.3) is 11.2 Å². The summed E-state index contributed by atoms with van der Waals surface area (Å²) in [6.07, 6.45) is 4.48. The van der Waals surface area contributed by atoms with Crippen LogP contribution in [0.2, 0.25) is 0 Å². The van der Waals surface area contributed by atoms with E-state index >= 15 is 0 Å². The van der Waals surface area contributed by atoms with E-state index in [1.165, 1.54) is 5.56 Å². The second-order valence-electron chi connectivity index (χ2n) is 5.99. The van der Waals surface area contributed by atoms with Crippen molar-refractivity contribution in [3.8, 4) is 11.5 Å². The van der Waals surface area contributed by atoms with Crippen LogP contribution in [-0.2, 0) is 13.5 Å². The number of anilines is 1. The second kappa shape index (κ2) is 5.99. The standard InChI is InChI=1S/C17H19N5O2/c1-22-10-20-16-14(22)8-19-17(21-16)18-7-11-5-12-3-4-13(23-2)6-15(12)24-9-11/h3-4,6,8,10-11H,5,7,9H2,1-2H3,(H,18,19,21). The maximum Gasteiger partial charge on any atom is 0.224 e. The molecule has 7 nitrogen and oxygen atoms in total. The average molecular weight is 325 g/mol. The number of fused-ring (bicyclic) bond motifs is 2. The first-order valence-electron chi connectivity index (χ1n) is 7.90. The third kappa shape index (κ3) is 2.73. The number of ether oxygens (including phenoxy) is 2. The fourth-order valence-electron chi connectivity index (χ4n) is 2.91. The van der Waals surface area contributed by atoms with E-state index in [1.54, 1.807) is 19.6 Å². The van der Waals surface area contributed by atoms with Crippen molar-refractivity contribution < 1.29 is 9.47 Å². The highest BCUT2D eigenvalue weighted by atomic mass is 16.5. The van der Waals surface area contributed by atoms with Crippen LogP contribution in [0.1, 0.15) is 5.56 Å². The first kappa shape index (κ1) is 14.7. The van der Waals surface area contributed by atoms with Gasteiger partial charge in [-0.05, 0) is 18.1 Å². The summed E-state index contributed by atoms with van der Waals surface area (Å²) >= 11 is 0. The Labute approximate surface area is 139 Å². The molecule has 3 aromatic rings. The Bertz CT molecular complexity index is 877. The number of aromatic nitrogens is 4. The first-order chi connectivity index (χ1) is 11.7. The van der Waals surface area contributed by atoms with Crippen LogP contribution in [0.4, 0.5) is 5.95 Å². The van der Waals surface area contributed by atoms with Gasteiger partial charge < -0.3 is 19.4 Å². The highest BCUT2D eigenvalue weighted by Crippen LogP contribution is 2.31. The largest absolute Gasteiger partial charge is 0.497 e. The van der Waals surface area contributed by atoms with Gasteiger partial charge in [0.05, 0.1) is 26.2 Å². The molecular formula is C17H19N5O2.